The van der Waals surface area contributed by atoms with Crippen molar-refractivity contribution in [1.29, 1.82) is 0 Å². The van der Waals surface area contributed by atoms with Gasteiger partial charge in [0.15, 0.2) is 5.65 Å². The number of hydrogen-bond acceptors (Lipinski definition) is 3. The van der Waals surface area contributed by atoms with E-state index in [2.05, 4.69) is 15.0 Å². The zero-order chi connectivity index (χ0) is 19.1. The topological polar surface area (TPSA) is 43.6 Å². The first-order valence-electron chi connectivity index (χ1n) is 8.76. The number of halogens is 2. The standard InChI is InChI=1S/C22H14F2N4/c23-12-14-3-4-18(24)17(10-14)19-11-21(16-2-1-7-26-22(16)27-19)28-9-6-15-13-25-8-5-20(15)28/h1-11,13H,12H2. The van der Waals surface area contributed by atoms with Crippen molar-refractivity contribution in [3.63, 3.8) is 0 Å². The molecule has 0 N–H and O–H groups in total. The van der Waals surface area contributed by atoms with Crippen molar-refractivity contribution >= 4 is 21.9 Å². The van der Waals surface area contributed by atoms with Gasteiger partial charge in [-0.3, -0.25) is 4.98 Å². The van der Waals surface area contributed by atoms with Gasteiger partial charge in [0, 0.05) is 41.1 Å². The number of nitrogens with zero attached hydrogens (tertiary/aromatic N) is 4. The van der Waals surface area contributed by atoms with Crippen molar-refractivity contribution in [2.24, 2.45) is 0 Å². The number of rotatable bonds is 3. The summed E-state index contributed by atoms with van der Waals surface area (Å²) in [7, 11) is 0. The molecule has 5 aromatic rings. The SMILES string of the molecule is FCc1ccc(F)c(-c2cc(-n3ccc4cnccc43)c3cccnc3n2)c1. The Hall–Kier alpha value is -3.67. The van der Waals surface area contributed by atoms with Crippen molar-refractivity contribution in [2.45, 2.75) is 6.67 Å². The van der Waals surface area contributed by atoms with Gasteiger partial charge in [0.25, 0.3) is 0 Å². The summed E-state index contributed by atoms with van der Waals surface area (Å²) in [6, 6.07) is 13.7. The molecule has 0 fully saturated rings. The van der Waals surface area contributed by atoms with Gasteiger partial charge >= 0.3 is 0 Å². The van der Waals surface area contributed by atoms with E-state index in [-0.39, 0.29) is 5.56 Å². The minimum Gasteiger partial charge on any atom is -0.316 e. The Morgan fingerprint density at radius 2 is 1.93 bits per heavy atom. The van der Waals surface area contributed by atoms with Crippen LogP contribution in [0.4, 0.5) is 8.78 Å². The molecule has 0 radical (unpaired) electrons. The van der Waals surface area contributed by atoms with E-state index in [0.717, 1.165) is 22.0 Å². The lowest BCUT2D eigenvalue weighted by Crippen LogP contribution is -1.99. The van der Waals surface area contributed by atoms with Crippen LogP contribution in [-0.2, 0) is 6.67 Å². The first-order chi connectivity index (χ1) is 13.7. The Bertz CT molecular complexity index is 1330. The first kappa shape index (κ1) is 16.5. The molecule has 0 aliphatic carbocycles. The van der Waals surface area contributed by atoms with E-state index in [4.69, 9.17) is 0 Å². The molecule has 0 unspecified atom stereocenters. The van der Waals surface area contributed by atoms with Crippen LogP contribution in [-0.4, -0.2) is 19.5 Å². The van der Waals surface area contributed by atoms with Crippen LogP contribution in [0, 0.1) is 5.82 Å². The van der Waals surface area contributed by atoms with E-state index < -0.39 is 12.5 Å². The third kappa shape index (κ3) is 2.62. The summed E-state index contributed by atoms with van der Waals surface area (Å²) < 4.78 is 29.6. The van der Waals surface area contributed by atoms with Crippen LogP contribution in [0.5, 0.6) is 0 Å². The van der Waals surface area contributed by atoms with E-state index in [9.17, 15) is 8.78 Å². The molecule has 4 aromatic heterocycles. The van der Waals surface area contributed by atoms with Gasteiger partial charge < -0.3 is 4.57 Å². The van der Waals surface area contributed by atoms with E-state index in [0.29, 0.717) is 16.9 Å². The summed E-state index contributed by atoms with van der Waals surface area (Å²) >= 11 is 0. The highest BCUT2D eigenvalue weighted by Gasteiger charge is 2.15. The normalized spacial score (nSPS) is 11.4. The van der Waals surface area contributed by atoms with Gasteiger partial charge in [-0.2, -0.15) is 0 Å². The summed E-state index contributed by atoms with van der Waals surface area (Å²) in [5, 5.41) is 1.83. The molecule has 6 heteroatoms. The molecule has 4 nitrogen and oxygen atoms in total. The van der Waals surface area contributed by atoms with Gasteiger partial charge in [-0.15, -0.1) is 0 Å². The minimum absolute atomic E-state index is 0.252. The summed E-state index contributed by atoms with van der Waals surface area (Å²) in [5.74, 6) is -0.451. The van der Waals surface area contributed by atoms with Crippen LogP contribution in [0.1, 0.15) is 5.56 Å². The number of pyridine rings is 3. The van der Waals surface area contributed by atoms with Crippen molar-refractivity contribution in [3.8, 4) is 16.9 Å². The van der Waals surface area contributed by atoms with Crippen LogP contribution in [0.15, 0.2) is 73.3 Å². The molecular formula is C22H14F2N4. The fraction of sp³-hybridized carbons (Fsp3) is 0.0455. The Morgan fingerprint density at radius 3 is 2.82 bits per heavy atom. The number of alkyl halides is 1. The monoisotopic (exact) mass is 372 g/mol. The number of aromatic nitrogens is 4. The third-order valence-electron chi connectivity index (χ3n) is 4.77. The van der Waals surface area contributed by atoms with Crippen molar-refractivity contribution in [1.82, 2.24) is 19.5 Å². The highest BCUT2D eigenvalue weighted by Crippen LogP contribution is 2.31. The molecule has 0 saturated carbocycles. The van der Waals surface area contributed by atoms with Crippen LogP contribution in [0.25, 0.3) is 38.9 Å². The van der Waals surface area contributed by atoms with E-state index >= 15 is 0 Å². The smallest absolute Gasteiger partial charge is 0.161 e. The van der Waals surface area contributed by atoms with Gasteiger partial charge in [-0.1, -0.05) is 6.07 Å². The van der Waals surface area contributed by atoms with Crippen LogP contribution in [0.2, 0.25) is 0 Å². The predicted octanol–water partition coefficient (Wildman–Crippen LogP) is 5.24. The molecule has 0 amide bonds. The fourth-order valence-electron chi connectivity index (χ4n) is 3.42. The zero-order valence-electron chi connectivity index (χ0n) is 14.7. The second-order valence-electron chi connectivity index (χ2n) is 6.47. The van der Waals surface area contributed by atoms with Gasteiger partial charge in [0.05, 0.1) is 16.9 Å². The van der Waals surface area contributed by atoms with Crippen LogP contribution < -0.4 is 0 Å². The van der Waals surface area contributed by atoms with E-state index in [1.165, 1.54) is 18.2 Å². The molecule has 5 rings (SSSR count). The number of hydrogen-bond donors (Lipinski definition) is 0. The summed E-state index contributed by atoms with van der Waals surface area (Å²) in [5.41, 5.74) is 3.34. The first-order valence-corrected chi connectivity index (χ1v) is 8.76. The molecule has 136 valence electrons. The fourth-order valence-corrected chi connectivity index (χ4v) is 3.42. The maximum Gasteiger partial charge on any atom is 0.161 e. The lowest BCUT2D eigenvalue weighted by molar-refractivity contribution is 0.484. The highest BCUT2D eigenvalue weighted by atomic mass is 19.1. The number of benzene rings is 1. The Morgan fingerprint density at radius 1 is 1.00 bits per heavy atom. The second kappa shape index (κ2) is 6.49. The molecule has 4 heterocycles. The molecule has 0 aliphatic rings. The minimum atomic E-state index is -0.665. The summed E-state index contributed by atoms with van der Waals surface area (Å²) in [4.78, 5) is 13.0. The van der Waals surface area contributed by atoms with Crippen molar-refractivity contribution < 1.29 is 8.78 Å². The summed E-state index contributed by atoms with van der Waals surface area (Å²) in [6.07, 6.45) is 7.10. The molecule has 0 atom stereocenters. The maximum absolute atomic E-state index is 14.5. The van der Waals surface area contributed by atoms with Gasteiger partial charge in [-0.05, 0) is 48.0 Å². The van der Waals surface area contributed by atoms with Crippen molar-refractivity contribution in [3.05, 3.63) is 84.7 Å². The lowest BCUT2D eigenvalue weighted by atomic mass is 10.1. The Kier molecular flexibility index (Phi) is 3.83. The van der Waals surface area contributed by atoms with Crippen molar-refractivity contribution in [2.75, 3.05) is 0 Å². The summed E-state index contributed by atoms with van der Waals surface area (Å²) in [6.45, 7) is -0.665. The highest BCUT2D eigenvalue weighted by molar-refractivity contribution is 5.91. The van der Waals surface area contributed by atoms with E-state index in [1.54, 1.807) is 18.6 Å². The molecule has 0 bridgehead atoms. The quantitative estimate of drug-likeness (QED) is 0.435. The predicted molar refractivity (Wildman–Crippen MR) is 104 cm³/mol. The van der Waals surface area contributed by atoms with Gasteiger partial charge in [0.1, 0.15) is 12.5 Å². The average molecular weight is 372 g/mol. The van der Waals surface area contributed by atoms with Gasteiger partial charge in [-0.25, -0.2) is 18.7 Å². The van der Waals surface area contributed by atoms with Crippen LogP contribution in [0.3, 0.4) is 0 Å². The maximum atomic E-state index is 14.5. The molecule has 28 heavy (non-hydrogen) atoms. The third-order valence-corrected chi connectivity index (χ3v) is 4.77. The Balaban J connectivity index is 1.83. The number of fused-ring (bicyclic) bond motifs is 2. The molecular weight excluding hydrogens is 358 g/mol. The second-order valence-corrected chi connectivity index (χ2v) is 6.47. The molecule has 1 aromatic carbocycles. The molecule has 0 aliphatic heterocycles. The molecule has 0 spiro atoms. The average Bonchev–Trinajstić information content (AvgIpc) is 3.17. The molecule has 0 saturated heterocycles. The van der Waals surface area contributed by atoms with Crippen LogP contribution >= 0.6 is 0 Å². The lowest BCUT2D eigenvalue weighted by Gasteiger charge is -2.12. The largest absolute Gasteiger partial charge is 0.316 e. The zero-order valence-corrected chi connectivity index (χ0v) is 14.7. The Labute approximate surface area is 159 Å². The van der Waals surface area contributed by atoms with E-state index in [1.807, 2.05) is 41.1 Å². The van der Waals surface area contributed by atoms with Gasteiger partial charge in [0.2, 0.25) is 0 Å².